The predicted octanol–water partition coefficient (Wildman–Crippen LogP) is 3.99. The number of carbonyl (C=O) groups excluding carboxylic acids is 2. The lowest BCUT2D eigenvalue weighted by Gasteiger charge is -2.09. The molecule has 1 amide bonds. The SMILES string of the molecule is Cc1cc([N+](=O)[O-])ccc1NC(=O)COC(=O)Cc1coc2c(C)c(C)ccc12. The lowest BCUT2D eigenvalue weighted by Crippen LogP contribution is -2.22. The molecule has 1 heterocycles. The predicted molar refractivity (Wildman–Crippen MR) is 107 cm³/mol. The number of carbonyl (C=O) groups is 2. The summed E-state index contributed by atoms with van der Waals surface area (Å²) in [5, 5.41) is 14.2. The van der Waals surface area contributed by atoms with E-state index in [-0.39, 0.29) is 12.1 Å². The second kappa shape index (κ2) is 8.14. The number of nitro groups is 1. The molecule has 0 saturated heterocycles. The number of hydrogen-bond acceptors (Lipinski definition) is 6. The minimum atomic E-state index is -0.554. The minimum absolute atomic E-state index is 0.0145. The van der Waals surface area contributed by atoms with Gasteiger partial charge in [-0.05, 0) is 43.5 Å². The van der Waals surface area contributed by atoms with Crippen LogP contribution in [0.25, 0.3) is 11.0 Å². The van der Waals surface area contributed by atoms with E-state index in [1.54, 1.807) is 6.92 Å². The van der Waals surface area contributed by atoms with Gasteiger partial charge in [-0.25, -0.2) is 0 Å². The van der Waals surface area contributed by atoms with Crippen LogP contribution in [0, 0.1) is 30.9 Å². The molecule has 0 aliphatic rings. The summed E-state index contributed by atoms with van der Waals surface area (Å²) in [6.07, 6.45) is 1.51. The highest BCUT2D eigenvalue weighted by atomic mass is 16.6. The number of fused-ring (bicyclic) bond motifs is 1. The number of rotatable bonds is 6. The lowest BCUT2D eigenvalue weighted by atomic mass is 10.0. The van der Waals surface area contributed by atoms with E-state index in [0.717, 1.165) is 22.1 Å². The van der Waals surface area contributed by atoms with E-state index in [0.29, 0.717) is 16.8 Å². The number of nitrogens with zero attached hydrogens (tertiary/aromatic N) is 1. The summed E-state index contributed by atoms with van der Waals surface area (Å²) in [5.41, 5.74) is 4.43. The van der Waals surface area contributed by atoms with Crippen molar-refractivity contribution in [2.75, 3.05) is 11.9 Å². The normalized spacial score (nSPS) is 10.7. The van der Waals surface area contributed by atoms with Gasteiger partial charge in [0, 0.05) is 28.8 Å². The number of amides is 1. The summed E-state index contributed by atoms with van der Waals surface area (Å²) in [7, 11) is 0. The van der Waals surface area contributed by atoms with Crippen molar-refractivity contribution >= 4 is 34.2 Å². The summed E-state index contributed by atoms with van der Waals surface area (Å²) in [4.78, 5) is 34.4. The van der Waals surface area contributed by atoms with Crippen LogP contribution in [0.1, 0.15) is 22.3 Å². The Morgan fingerprint density at radius 3 is 2.59 bits per heavy atom. The number of furan rings is 1. The number of anilines is 1. The summed E-state index contributed by atoms with van der Waals surface area (Å²) in [6.45, 7) is 5.12. The minimum Gasteiger partial charge on any atom is -0.464 e. The molecule has 29 heavy (non-hydrogen) atoms. The fraction of sp³-hybridized carbons (Fsp3) is 0.238. The van der Waals surface area contributed by atoms with Gasteiger partial charge in [0.05, 0.1) is 17.6 Å². The van der Waals surface area contributed by atoms with E-state index < -0.39 is 23.4 Å². The molecule has 0 aliphatic carbocycles. The van der Waals surface area contributed by atoms with Crippen LogP contribution >= 0.6 is 0 Å². The Balaban J connectivity index is 1.58. The molecule has 0 bridgehead atoms. The van der Waals surface area contributed by atoms with E-state index in [4.69, 9.17) is 9.15 Å². The Morgan fingerprint density at radius 1 is 1.14 bits per heavy atom. The van der Waals surface area contributed by atoms with Crippen LogP contribution in [0.5, 0.6) is 0 Å². The average molecular weight is 396 g/mol. The second-order valence-electron chi connectivity index (χ2n) is 6.79. The Labute approximate surface area is 166 Å². The van der Waals surface area contributed by atoms with Crippen LogP contribution < -0.4 is 5.32 Å². The van der Waals surface area contributed by atoms with Gasteiger partial charge in [-0.2, -0.15) is 0 Å². The van der Waals surface area contributed by atoms with Crippen molar-refractivity contribution in [2.45, 2.75) is 27.2 Å². The van der Waals surface area contributed by atoms with Crippen LogP contribution in [0.4, 0.5) is 11.4 Å². The molecule has 2 aromatic carbocycles. The highest BCUT2D eigenvalue weighted by Crippen LogP contribution is 2.27. The number of esters is 1. The topological polar surface area (TPSA) is 112 Å². The van der Waals surface area contributed by atoms with Gasteiger partial charge in [0.15, 0.2) is 6.61 Å². The molecule has 0 spiro atoms. The smallest absolute Gasteiger partial charge is 0.310 e. The molecule has 150 valence electrons. The van der Waals surface area contributed by atoms with Gasteiger partial charge < -0.3 is 14.5 Å². The molecule has 8 nitrogen and oxygen atoms in total. The van der Waals surface area contributed by atoms with Crippen molar-refractivity contribution in [3.63, 3.8) is 0 Å². The number of nitrogens with one attached hydrogen (secondary N) is 1. The van der Waals surface area contributed by atoms with Crippen molar-refractivity contribution in [1.82, 2.24) is 0 Å². The maximum absolute atomic E-state index is 12.1. The third-order valence-corrected chi connectivity index (χ3v) is 4.74. The molecular weight excluding hydrogens is 376 g/mol. The summed E-state index contributed by atoms with van der Waals surface area (Å²) < 4.78 is 10.6. The first kappa shape index (κ1) is 20.1. The monoisotopic (exact) mass is 396 g/mol. The maximum atomic E-state index is 12.1. The van der Waals surface area contributed by atoms with Gasteiger partial charge in [0.2, 0.25) is 0 Å². The molecule has 0 radical (unpaired) electrons. The lowest BCUT2D eigenvalue weighted by molar-refractivity contribution is -0.384. The summed E-state index contributed by atoms with van der Waals surface area (Å²) in [6, 6.07) is 7.95. The average Bonchev–Trinajstić information content (AvgIpc) is 3.08. The Kier molecular flexibility index (Phi) is 5.63. The Morgan fingerprint density at radius 2 is 1.90 bits per heavy atom. The van der Waals surface area contributed by atoms with E-state index in [1.807, 2.05) is 26.0 Å². The number of hydrogen-bond donors (Lipinski definition) is 1. The Hall–Kier alpha value is -3.68. The van der Waals surface area contributed by atoms with Crippen molar-refractivity contribution in [2.24, 2.45) is 0 Å². The van der Waals surface area contributed by atoms with Crippen LogP contribution in [0.15, 0.2) is 41.0 Å². The highest BCUT2D eigenvalue weighted by molar-refractivity contribution is 5.94. The van der Waals surface area contributed by atoms with E-state index in [2.05, 4.69) is 5.32 Å². The van der Waals surface area contributed by atoms with E-state index >= 15 is 0 Å². The van der Waals surface area contributed by atoms with Crippen molar-refractivity contribution in [1.29, 1.82) is 0 Å². The van der Waals surface area contributed by atoms with Crippen LogP contribution in [0.2, 0.25) is 0 Å². The highest BCUT2D eigenvalue weighted by Gasteiger charge is 2.15. The Bertz CT molecular complexity index is 1120. The molecule has 0 atom stereocenters. The van der Waals surface area contributed by atoms with E-state index in [1.165, 1.54) is 24.5 Å². The standard InChI is InChI=1S/C21H20N2O6/c1-12-4-6-17-15(10-29-21(17)14(12)3)9-20(25)28-11-19(24)22-18-7-5-16(23(26)27)8-13(18)2/h4-8,10H,9,11H2,1-3H3,(H,22,24). The molecule has 1 aromatic heterocycles. The van der Waals surface area contributed by atoms with Crippen molar-refractivity contribution in [3.05, 3.63) is 69.0 Å². The fourth-order valence-corrected chi connectivity index (χ4v) is 2.97. The first-order valence-electron chi connectivity index (χ1n) is 8.93. The van der Waals surface area contributed by atoms with E-state index in [9.17, 15) is 19.7 Å². The third kappa shape index (κ3) is 4.43. The third-order valence-electron chi connectivity index (χ3n) is 4.74. The first-order valence-corrected chi connectivity index (χ1v) is 8.93. The molecule has 0 fully saturated rings. The van der Waals surface area contributed by atoms with Gasteiger partial charge in [-0.3, -0.25) is 19.7 Å². The number of ether oxygens (including phenoxy) is 1. The van der Waals surface area contributed by atoms with Crippen LogP contribution in [-0.4, -0.2) is 23.4 Å². The summed E-state index contributed by atoms with van der Waals surface area (Å²) in [5.74, 6) is -1.08. The number of benzene rings is 2. The largest absolute Gasteiger partial charge is 0.464 e. The van der Waals surface area contributed by atoms with Crippen molar-refractivity contribution < 1.29 is 23.7 Å². The molecule has 3 aromatic rings. The van der Waals surface area contributed by atoms with Crippen LogP contribution in [-0.2, 0) is 20.7 Å². The zero-order chi connectivity index (χ0) is 21.1. The number of nitro benzene ring substituents is 1. The first-order chi connectivity index (χ1) is 13.8. The van der Waals surface area contributed by atoms with Gasteiger partial charge in [0.25, 0.3) is 11.6 Å². The van der Waals surface area contributed by atoms with Gasteiger partial charge in [0.1, 0.15) is 5.58 Å². The molecule has 0 aliphatic heterocycles. The quantitative estimate of drug-likeness (QED) is 0.383. The van der Waals surface area contributed by atoms with Gasteiger partial charge >= 0.3 is 5.97 Å². The molecule has 8 heteroatoms. The summed E-state index contributed by atoms with van der Waals surface area (Å²) >= 11 is 0. The maximum Gasteiger partial charge on any atom is 0.310 e. The van der Waals surface area contributed by atoms with Crippen molar-refractivity contribution in [3.8, 4) is 0 Å². The van der Waals surface area contributed by atoms with Gasteiger partial charge in [-0.1, -0.05) is 12.1 Å². The second-order valence-corrected chi connectivity index (χ2v) is 6.79. The van der Waals surface area contributed by atoms with Gasteiger partial charge in [-0.15, -0.1) is 0 Å². The molecule has 3 rings (SSSR count). The zero-order valence-electron chi connectivity index (χ0n) is 16.3. The number of non-ortho nitro benzene ring substituents is 1. The molecule has 0 unspecified atom stereocenters. The molecule has 0 saturated carbocycles. The zero-order valence-corrected chi connectivity index (χ0v) is 16.3. The fourth-order valence-electron chi connectivity index (χ4n) is 2.97. The molecular formula is C21H20N2O6. The van der Waals surface area contributed by atoms with Crippen LogP contribution in [0.3, 0.4) is 0 Å². The molecule has 1 N–H and O–H groups in total. The number of aryl methyl sites for hydroxylation is 3.